The second-order valence-corrected chi connectivity index (χ2v) is 5.05. The van der Waals surface area contributed by atoms with Crippen LogP contribution in [0.25, 0.3) is 0 Å². The molecule has 21 heavy (non-hydrogen) atoms. The fourth-order valence-electron chi connectivity index (χ4n) is 2.17. The van der Waals surface area contributed by atoms with E-state index in [0.717, 1.165) is 0 Å². The van der Waals surface area contributed by atoms with Crippen LogP contribution in [0.4, 0.5) is 0 Å². The molecule has 0 saturated carbocycles. The molecule has 1 aliphatic heterocycles. The van der Waals surface area contributed by atoms with Crippen LogP contribution in [-0.4, -0.2) is 48.5 Å². The van der Waals surface area contributed by atoms with Crippen LogP contribution in [-0.2, 0) is 23.9 Å². The van der Waals surface area contributed by atoms with Crippen molar-refractivity contribution in [3.63, 3.8) is 0 Å². The average Bonchev–Trinajstić information content (AvgIpc) is 2.63. The molecule has 2 N–H and O–H groups in total. The lowest BCUT2D eigenvalue weighted by Crippen LogP contribution is -2.45. The lowest BCUT2D eigenvalue weighted by molar-refractivity contribution is -0.153. The third kappa shape index (κ3) is 3.53. The maximum atomic E-state index is 12.2. The fraction of sp³-hybridized carbons (Fsp3) is 0.643. The van der Waals surface area contributed by atoms with Crippen molar-refractivity contribution in [2.24, 2.45) is 11.7 Å². The third-order valence-corrected chi connectivity index (χ3v) is 2.93. The molecule has 1 atom stereocenters. The van der Waals surface area contributed by atoms with Crippen molar-refractivity contribution in [1.29, 1.82) is 0 Å². The highest BCUT2D eigenvalue weighted by Crippen LogP contribution is 2.26. The lowest BCUT2D eigenvalue weighted by atomic mass is 10.1. The van der Waals surface area contributed by atoms with Gasteiger partial charge in [0.25, 0.3) is 5.91 Å². The second kappa shape index (κ2) is 7.10. The highest BCUT2D eigenvalue weighted by molar-refractivity contribution is 6.12. The van der Waals surface area contributed by atoms with Gasteiger partial charge in [-0.25, -0.2) is 9.59 Å². The van der Waals surface area contributed by atoms with Crippen LogP contribution in [0.1, 0.15) is 27.7 Å². The van der Waals surface area contributed by atoms with Gasteiger partial charge < -0.3 is 20.1 Å². The molecule has 1 rings (SSSR count). The van der Waals surface area contributed by atoms with E-state index in [4.69, 9.17) is 15.2 Å². The molecule has 0 spiro atoms. The molecule has 7 nitrogen and oxygen atoms in total. The van der Waals surface area contributed by atoms with E-state index in [1.165, 1.54) is 4.90 Å². The minimum absolute atomic E-state index is 0.111. The Morgan fingerprint density at radius 1 is 1.24 bits per heavy atom. The number of nitrogens with two attached hydrogens (primary N) is 1. The fourth-order valence-corrected chi connectivity index (χ4v) is 2.17. The van der Waals surface area contributed by atoms with Gasteiger partial charge in [-0.3, -0.25) is 4.79 Å². The molecule has 1 aliphatic rings. The minimum atomic E-state index is -1.13. The number of hydrogen-bond acceptors (Lipinski definition) is 6. The zero-order valence-electron chi connectivity index (χ0n) is 12.8. The van der Waals surface area contributed by atoms with Crippen LogP contribution >= 0.6 is 0 Å². The van der Waals surface area contributed by atoms with Crippen molar-refractivity contribution in [1.82, 2.24) is 4.90 Å². The summed E-state index contributed by atoms with van der Waals surface area (Å²) in [4.78, 5) is 37.6. The summed E-state index contributed by atoms with van der Waals surface area (Å²) in [6.07, 6.45) is 0. The largest absolute Gasteiger partial charge is 0.464 e. The summed E-state index contributed by atoms with van der Waals surface area (Å²) in [6, 6.07) is -1.13. The Bertz CT molecular complexity index is 470. The summed E-state index contributed by atoms with van der Waals surface area (Å²) in [6.45, 7) is 7.65. The van der Waals surface area contributed by atoms with E-state index in [1.807, 2.05) is 13.8 Å². The van der Waals surface area contributed by atoms with E-state index in [0.29, 0.717) is 6.54 Å². The van der Waals surface area contributed by atoms with Crippen LogP contribution in [0.2, 0.25) is 0 Å². The average molecular weight is 298 g/mol. The molecule has 1 amide bonds. The molecule has 0 radical (unpaired) electrons. The monoisotopic (exact) mass is 298 g/mol. The van der Waals surface area contributed by atoms with Crippen molar-refractivity contribution in [2.75, 3.05) is 19.8 Å². The number of ether oxygens (including phenoxy) is 2. The molecular formula is C14H22N2O5. The van der Waals surface area contributed by atoms with Crippen molar-refractivity contribution in [3.8, 4) is 0 Å². The van der Waals surface area contributed by atoms with Gasteiger partial charge >= 0.3 is 11.9 Å². The number of carbonyl (C=O) groups is 3. The third-order valence-electron chi connectivity index (χ3n) is 2.93. The predicted octanol–water partition coefficient (Wildman–Crippen LogP) is 0.192. The molecule has 0 aromatic rings. The molecule has 0 saturated heterocycles. The number of amides is 1. The van der Waals surface area contributed by atoms with E-state index in [2.05, 4.69) is 0 Å². The normalized spacial score (nSPS) is 18.4. The van der Waals surface area contributed by atoms with Crippen LogP contribution in [0, 0.1) is 5.92 Å². The van der Waals surface area contributed by atoms with Gasteiger partial charge in [-0.05, 0) is 19.8 Å². The van der Waals surface area contributed by atoms with Gasteiger partial charge in [-0.1, -0.05) is 13.8 Å². The Morgan fingerprint density at radius 3 is 2.29 bits per heavy atom. The quantitative estimate of drug-likeness (QED) is 0.703. The topological polar surface area (TPSA) is 98.9 Å². The van der Waals surface area contributed by atoms with Gasteiger partial charge in [0.1, 0.15) is 5.70 Å². The lowest BCUT2D eigenvalue weighted by Gasteiger charge is -2.26. The van der Waals surface area contributed by atoms with E-state index >= 15 is 0 Å². The standard InChI is InChI=1S/C14H22N2O5/c1-5-20-13(18)9-10(15)12(17)16(7-8(3)4)11(9)14(19)21-6-2/h8,11H,5-7,15H2,1-4H3. The summed E-state index contributed by atoms with van der Waals surface area (Å²) in [5.74, 6) is -1.85. The van der Waals surface area contributed by atoms with Crippen LogP contribution < -0.4 is 5.73 Å². The van der Waals surface area contributed by atoms with E-state index in [1.54, 1.807) is 13.8 Å². The molecule has 1 unspecified atom stereocenters. The van der Waals surface area contributed by atoms with Crippen LogP contribution in [0.3, 0.4) is 0 Å². The van der Waals surface area contributed by atoms with Crippen molar-refractivity contribution < 1.29 is 23.9 Å². The Kier molecular flexibility index (Phi) is 5.75. The summed E-state index contributed by atoms with van der Waals surface area (Å²) in [5.41, 5.74) is 5.36. The zero-order chi connectivity index (χ0) is 16.2. The maximum Gasteiger partial charge on any atom is 0.339 e. The van der Waals surface area contributed by atoms with Gasteiger partial charge in [-0.15, -0.1) is 0 Å². The SMILES string of the molecule is CCOC(=O)C1=C(N)C(=O)N(CC(C)C)C1C(=O)OCC. The number of carbonyl (C=O) groups excluding carboxylic acids is 3. The van der Waals surface area contributed by atoms with Crippen molar-refractivity contribution >= 4 is 17.8 Å². The molecule has 1 heterocycles. The molecule has 0 fully saturated rings. The Balaban J connectivity index is 3.19. The van der Waals surface area contributed by atoms with Crippen LogP contribution in [0.15, 0.2) is 11.3 Å². The predicted molar refractivity (Wildman–Crippen MR) is 74.8 cm³/mol. The number of rotatable bonds is 6. The van der Waals surface area contributed by atoms with E-state index in [9.17, 15) is 14.4 Å². The number of hydrogen-bond donors (Lipinski definition) is 1. The first kappa shape index (κ1) is 17.0. The first-order valence-corrected chi connectivity index (χ1v) is 6.99. The molecule has 0 aliphatic carbocycles. The first-order valence-electron chi connectivity index (χ1n) is 6.99. The first-order chi connectivity index (χ1) is 9.84. The highest BCUT2D eigenvalue weighted by atomic mass is 16.5. The van der Waals surface area contributed by atoms with Crippen LogP contribution in [0.5, 0.6) is 0 Å². The Morgan fingerprint density at radius 2 is 1.81 bits per heavy atom. The minimum Gasteiger partial charge on any atom is -0.464 e. The molecule has 0 aromatic heterocycles. The van der Waals surface area contributed by atoms with E-state index in [-0.39, 0.29) is 30.4 Å². The van der Waals surface area contributed by atoms with Crippen molar-refractivity contribution in [3.05, 3.63) is 11.3 Å². The summed E-state index contributed by atoms with van der Waals surface area (Å²) >= 11 is 0. The Labute approximate surface area is 124 Å². The van der Waals surface area contributed by atoms with Gasteiger partial charge in [0, 0.05) is 6.54 Å². The second-order valence-electron chi connectivity index (χ2n) is 5.05. The summed E-state index contributed by atoms with van der Waals surface area (Å²) in [5, 5.41) is 0. The van der Waals surface area contributed by atoms with Gasteiger partial charge in [0.05, 0.1) is 18.8 Å². The molecule has 0 aromatic carbocycles. The number of nitrogens with zero attached hydrogens (tertiary/aromatic N) is 1. The molecule has 7 heteroatoms. The molecular weight excluding hydrogens is 276 g/mol. The van der Waals surface area contributed by atoms with Gasteiger partial charge in [0.2, 0.25) is 0 Å². The van der Waals surface area contributed by atoms with E-state index < -0.39 is 23.9 Å². The highest BCUT2D eigenvalue weighted by Gasteiger charge is 2.47. The summed E-state index contributed by atoms with van der Waals surface area (Å²) < 4.78 is 9.86. The maximum absolute atomic E-state index is 12.2. The molecule has 0 bridgehead atoms. The molecule has 118 valence electrons. The number of esters is 2. The smallest absolute Gasteiger partial charge is 0.339 e. The van der Waals surface area contributed by atoms with Gasteiger partial charge in [0.15, 0.2) is 6.04 Å². The Hall–Kier alpha value is -2.05. The van der Waals surface area contributed by atoms with Crippen molar-refractivity contribution in [2.45, 2.75) is 33.7 Å². The van der Waals surface area contributed by atoms with Gasteiger partial charge in [-0.2, -0.15) is 0 Å². The summed E-state index contributed by atoms with van der Waals surface area (Å²) in [7, 11) is 0. The zero-order valence-corrected chi connectivity index (χ0v) is 12.8.